The number of nitrogen functional groups attached to an aromatic ring is 1. The lowest BCUT2D eigenvalue weighted by atomic mass is 10.1. The molecule has 4 nitrogen and oxygen atoms in total. The molecule has 0 spiro atoms. The van der Waals surface area contributed by atoms with Crippen LogP contribution in [-0.2, 0) is 11.2 Å². The first-order valence-corrected chi connectivity index (χ1v) is 7.36. The summed E-state index contributed by atoms with van der Waals surface area (Å²) in [6, 6.07) is 6.21. The van der Waals surface area contributed by atoms with Crippen LogP contribution in [-0.4, -0.2) is 19.6 Å². The maximum absolute atomic E-state index is 13.8. The first-order chi connectivity index (χ1) is 10.0. The van der Waals surface area contributed by atoms with Crippen molar-refractivity contribution in [3.63, 3.8) is 0 Å². The van der Waals surface area contributed by atoms with E-state index in [-0.39, 0.29) is 16.9 Å². The van der Waals surface area contributed by atoms with Gasteiger partial charge in [0, 0.05) is 17.1 Å². The third-order valence-corrected chi connectivity index (χ3v) is 4.15. The van der Waals surface area contributed by atoms with Gasteiger partial charge in [-0.05, 0) is 30.7 Å². The summed E-state index contributed by atoms with van der Waals surface area (Å²) in [6.07, 6.45) is 0.703. The zero-order valence-corrected chi connectivity index (χ0v) is 12.9. The number of methoxy groups -OCH3 is 1. The molecule has 21 heavy (non-hydrogen) atoms. The van der Waals surface area contributed by atoms with E-state index in [1.54, 1.807) is 0 Å². The van der Waals surface area contributed by atoms with Crippen molar-refractivity contribution in [1.82, 2.24) is 0 Å². The lowest BCUT2D eigenvalue weighted by molar-refractivity contribution is 0.0602. The van der Waals surface area contributed by atoms with E-state index in [0.717, 1.165) is 15.3 Å². The number of ether oxygens (including phenoxy) is 1. The number of carbonyl (C=O) groups excluding carboxylic acids is 1. The van der Waals surface area contributed by atoms with E-state index in [4.69, 9.17) is 17.3 Å². The number of halogens is 2. The van der Waals surface area contributed by atoms with Crippen molar-refractivity contribution >= 4 is 40.3 Å². The number of benzene rings is 1. The van der Waals surface area contributed by atoms with Crippen LogP contribution in [0.3, 0.4) is 0 Å². The minimum absolute atomic E-state index is 0.0509. The van der Waals surface area contributed by atoms with Gasteiger partial charge in [-0.25, -0.2) is 9.18 Å². The molecule has 7 heteroatoms. The summed E-state index contributed by atoms with van der Waals surface area (Å²) in [5.74, 6) is -1.11. The highest BCUT2D eigenvalue weighted by Crippen LogP contribution is 2.24. The number of esters is 1. The van der Waals surface area contributed by atoms with E-state index in [2.05, 4.69) is 10.1 Å². The van der Waals surface area contributed by atoms with Gasteiger partial charge >= 0.3 is 5.97 Å². The van der Waals surface area contributed by atoms with E-state index < -0.39 is 11.8 Å². The molecule has 1 aromatic carbocycles. The quantitative estimate of drug-likeness (QED) is 0.650. The average molecular weight is 329 g/mol. The second-order valence-corrected chi connectivity index (χ2v) is 6.09. The molecule has 0 aliphatic rings. The second kappa shape index (κ2) is 6.78. The summed E-state index contributed by atoms with van der Waals surface area (Å²) in [5, 5.41) is 2.94. The molecule has 0 saturated heterocycles. The molecule has 0 atom stereocenters. The molecule has 0 unspecified atom stereocenters. The highest BCUT2D eigenvalue weighted by molar-refractivity contribution is 7.16. The normalized spacial score (nSPS) is 10.4. The van der Waals surface area contributed by atoms with Crippen LogP contribution in [0.15, 0.2) is 24.3 Å². The number of carbonyl (C=O) groups is 1. The van der Waals surface area contributed by atoms with Crippen LogP contribution in [0.4, 0.5) is 15.8 Å². The molecule has 112 valence electrons. The summed E-state index contributed by atoms with van der Waals surface area (Å²) in [7, 11) is 1.25. The number of nitrogens with one attached hydrogen (secondary N) is 1. The van der Waals surface area contributed by atoms with Crippen LogP contribution in [0.2, 0.25) is 4.34 Å². The molecule has 0 aliphatic heterocycles. The molecule has 2 aromatic rings. The molecular weight excluding hydrogens is 315 g/mol. The SMILES string of the molecule is COC(=O)c1cc(NCCc2ccc(Cl)s2)c(F)cc1N. The van der Waals surface area contributed by atoms with Gasteiger partial charge in [0.2, 0.25) is 0 Å². The van der Waals surface area contributed by atoms with Gasteiger partial charge in [0.1, 0.15) is 5.82 Å². The molecule has 0 amide bonds. The van der Waals surface area contributed by atoms with Gasteiger partial charge in [-0.2, -0.15) is 0 Å². The third kappa shape index (κ3) is 3.86. The maximum atomic E-state index is 13.8. The van der Waals surface area contributed by atoms with Gasteiger partial charge in [0.15, 0.2) is 0 Å². The van der Waals surface area contributed by atoms with Gasteiger partial charge in [-0.3, -0.25) is 0 Å². The highest BCUT2D eigenvalue weighted by atomic mass is 35.5. The van der Waals surface area contributed by atoms with E-state index in [0.29, 0.717) is 13.0 Å². The van der Waals surface area contributed by atoms with Crippen molar-refractivity contribution < 1.29 is 13.9 Å². The average Bonchev–Trinajstić information content (AvgIpc) is 2.86. The van der Waals surface area contributed by atoms with E-state index in [1.165, 1.54) is 24.5 Å². The van der Waals surface area contributed by atoms with Gasteiger partial charge < -0.3 is 15.8 Å². The standard InChI is InChI=1S/C14H14ClFN2O2S/c1-20-14(19)9-6-12(10(16)7-11(9)17)18-5-4-8-2-3-13(15)21-8/h2-3,6-7,18H,4-5,17H2,1H3. The molecule has 2 rings (SSSR count). The summed E-state index contributed by atoms with van der Waals surface area (Å²) >= 11 is 7.32. The number of nitrogens with two attached hydrogens (primary N) is 1. The van der Waals surface area contributed by atoms with Crippen LogP contribution < -0.4 is 11.1 Å². The first kappa shape index (κ1) is 15.6. The van der Waals surface area contributed by atoms with E-state index in [1.807, 2.05) is 12.1 Å². The first-order valence-electron chi connectivity index (χ1n) is 6.16. The van der Waals surface area contributed by atoms with Crippen LogP contribution >= 0.6 is 22.9 Å². The number of thiophene rings is 1. The van der Waals surface area contributed by atoms with Crippen molar-refractivity contribution in [3.05, 3.63) is 44.9 Å². The zero-order chi connectivity index (χ0) is 15.4. The van der Waals surface area contributed by atoms with Crippen LogP contribution in [0, 0.1) is 5.82 Å². The van der Waals surface area contributed by atoms with Crippen LogP contribution in [0.5, 0.6) is 0 Å². The smallest absolute Gasteiger partial charge is 0.340 e. The summed E-state index contributed by atoms with van der Waals surface area (Å²) < 4.78 is 19.1. The Bertz CT molecular complexity index is 660. The fourth-order valence-corrected chi connectivity index (χ4v) is 2.90. The fourth-order valence-electron chi connectivity index (χ4n) is 1.82. The highest BCUT2D eigenvalue weighted by Gasteiger charge is 2.14. The van der Waals surface area contributed by atoms with Crippen molar-refractivity contribution in [2.45, 2.75) is 6.42 Å². The molecule has 0 aliphatic carbocycles. The van der Waals surface area contributed by atoms with Crippen LogP contribution in [0.1, 0.15) is 15.2 Å². The van der Waals surface area contributed by atoms with Gasteiger partial charge in [0.25, 0.3) is 0 Å². The minimum Gasteiger partial charge on any atom is -0.465 e. The Labute approximate surface area is 130 Å². The summed E-state index contributed by atoms with van der Waals surface area (Å²) in [4.78, 5) is 12.6. The monoisotopic (exact) mass is 328 g/mol. The molecule has 0 saturated carbocycles. The van der Waals surface area contributed by atoms with E-state index >= 15 is 0 Å². The van der Waals surface area contributed by atoms with Crippen molar-refractivity contribution in [1.29, 1.82) is 0 Å². The Hall–Kier alpha value is -1.79. The summed E-state index contributed by atoms with van der Waals surface area (Å²) in [5.41, 5.74) is 6.01. The largest absolute Gasteiger partial charge is 0.465 e. The summed E-state index contributed by atoms with van der Waals surface area (Å²) in [6.45, 7) is 0.512. The Morgan fingerprint density at radius 3 is 2.86 bits per heavy atom. The maximum Gasteiger partial charge on any atom is 0.340 e. The molecule has 3 N–H and O–H groups in total. The Balaban J connectivity index is 2.07. The van der Waals surface area contributed by atoms with Crippen LogP contribution in [0.25, 0.3) is 0 Å². The predicted molar refractivity (Wildman–Crippen MR) is 83.7 cm³/mol. The lowest BCUT2D eigenvalue weighted by Gasteiger charge is -2.10. The number of rotatable bonds is 5. The molecule has 1 heterocycles. The molecule has 0 fully saturated rings. The number of anilines is 2. The second-order valence-electron chi connectivity index (χ2n) is 4.29. The number of hydrogen-bond donors (Lipinski definition) is 2. The van der Waals surface area contributed by atoms with Crippen molar-refractivity contribution in [2.75, 3.05) is 24.7 Å². The minimum atomic E-state index is -0.597. The Morgan fingerprint density at radius 2 is 2.24 bits per heavy atom. The molecule has 0 radical (unpaired) electrons. The van der Waals surface area contributed by atoms with Crippen molar-refractivity contribution in [2.24, 2.45) is 0 Å². The van der Waals surface area contributed by atoms with E-state index in [9.17, 15) is 9.18 Å². The zero-order valence-electron chi connectivity index (χ0n) is 11.3. The lowest BCUT2D eigenvalue weighted by Crippen LogP contribution is -2.10. The van der Waals surface area contributed by atoms with Gasteiger partial charge in [0.05, 0.1) is 22.7 Å². The molecular formula is C14H14ClFN2O2S. The molecule has 1 aromatic heterocycles. The fraction of sp³-hybridized carbons (Fsp3) is 0.214. The Kier molecular flexibility index (Phi) is 5.03. The predicted octanol–water partition coefficient (Wildman–Crippen LogP) is 3.56. The van der Waals surface area contributed by atoms with Crippen molar-refractivity contribution in [3.8, 4) is 0 Å². The number of hydrogen-bond acceptors (Lipinski definition) is 5. The van der Waals surface area contributed by atoms with Gasteiger partial charge in [-0.15, -0.1) is 11.3 Å². The topological polar surface area (TPSA) is 64.3 Å². The third-order valence-electron chi connectivity index (χ3n) is 2.86. The Morgan fingerprint density at radius 1 is 1.48 bits per heavy atom. The van der Waals surface area contributed by atoms with Gasteiger partial charge in [-0.1, -0.05) is 11.6 Å². The molecule has 0 bridgehead atoms.